The van der Waals surface area contributed by atoms with Crippen molar-refractivity contribution < 1.29 is 4.79 Å². The molecule has 0 saturated carbocycles. The maximum absolute atomic E-state index is 11.3. The Balaban J connectivity index is 3.53. The van der Waals surface area contributed by atoms with Crippen molar-refractivity contribution >= 4 is 5.91 Å². The predicted molar refractivity (Wildman–Crippen MR) is 69.5 cm³/mol. The summed E-state index contributed by atoms with van der Waals surface area (Å²) in [5.74, 6) is 0.0308. The average molecular weight is 226 g/mol. The van der Waals surface area contributed by atoms with Crippen LogP contribution in [0.1, 0.15) is 40.0 Å². The van der Waals surface area contributed by atoms with Gasteiger partial charge < -0.3 is 10.2 Å². The van der Waals surface area contributed by atoms with Gasteiger partial charge >= 0.3 is 0 Å². The molecule has 3 heteroatoms. The van der Waals surface area contributed by atoms with E-state index in [4.69, 9.17) is 0 Å². The van der Waals surface area contributed by atoms with Crippen LogP contribution < -0.4 is 5.32 Å². The highest BCUT2D eigenvalue weighted by Gasteiger charge is 1.99. The van der Waals surface area contributed by atoms with E-state index in [2.05, 4.69) is 31.0 Å². The van der Waals surface area contributed by atoms with Gasteiger partial charge in [-0.05, 0) is 25.6 Å². The third-order valence-corrected chi connectivity index (χ3v) is 2.62. The molecule has 0 atom stereocenters. The van der Waals surface area contributed by atoms with Crippen molar-refractivity contribution in [2.24, 2.45) is 0 Å². The molecule has 0 aliphatic heterocycles. The fraction of sp³-hybridized carbons (Fsp3) is 0.769. The second kappa shape index (κ2) is 10.7. The molecule has 0 aromatic carbocycles. The maximum atomic E-state index is 11.3. The Morgan fingerprint density at radius 1 is 1.25 bits per heavy atom. The van der Waals surface area contributed by atoms with E-state index in [1.54, 1.807) is 6.08 Å². The van der Waals surface area contributed by atoms with Gasteiger partial charge in [-0.1, -0.05) is 39.7 Å². The normalized spacial score (nSPS) is 11.2. The molecule has 0 unspecified atom stereocenters. The molecule has 94 valence electrons. The van der Waals surface area contributed by atoms with E-state index in [-0.39, 0.29) is 5.91 Å². The van der Waals surface area contributed by atoms with E-state index in [0.717, 1.165) is 39.0 Å². The number of carbonyl (C=O) groups is 1. The molecule has 0 saturated heterocycles. The Morgan fingerprint density at radius 2 is 1.94 bits per heavy atom. The number of unbranched alkanes of at least 4 members (excludes halogenated alkanes) is 2. The highest BCUT2D eigenvalue weighted by Crippen LogP contribution is 1.94. The van der Waals surface area contributed by atoms with E-state index in [9.17, 15) is 4.79 Å². The lowest BCUT2D eigenvalue weighted by Crippen LogP contribution is -2.34. The summed E-state index contributed by atoms with van der Waals surface area (Å²) in [5, 5.41) is 2.89. The van der Waals surface area contributed by atoms with Crippen molar-refractivity contribution in [1.29, 1.82) is 0 Å². The Morgan fingerprint density at radius 3 is 2.50 bits per heavy atom. The molecule has 3 nitrogen and oxygen atoms in total. The number of likely N-dealkylation sites (N-methyl/N-ethyl adjacent to an activating group) is 1. The third-order valence-electron chi connectivity index (χ3n) is 2.62. The Kier molecular flexibility index (Phi) is 10.1. The van der Waals surface area contributed by atoms with Crippen LogP contribution in [0.15, 0.2) is 12.2 Å². The summed E-state index contributed by atoms with van der Waals surface area (Å²) in [4.78, 5) is 13.6. The highest BCUT2D eigenvalue weighted by molar-refractivity contribution is 5.87. The predicted octanol–water partition coefficient (Wildman–Crippen LogP) is 2.19. The van der Waals surface area contributed by atoms with Crippen LogP contribution in [0.4, 0.5) is 0 Å². The molecule has 0 fully saturated rings. The number of nitrogens with zero attached hydrogens (tertiary/aromatic N) is 1. The number of nitrogens with one attached hydrogen (secondary N) is 1. The van der Waals surface area contributed by atoms with Gasteiger partial charge in [0.25, 0.3) is 0 Å². The zero-order chi connectivity index (χ0) is 12.2. The molecule has 0 aliphatic carbocycles. The van der Waals surface area contributed by atoms with Crippen LogP contribution in [-0.2, 0) is 4.79 Å². The summed E-state index contributed by atoms with van der Waals surface area (Å²) < 4.78 is 0. The average Bonchev–Trinajstić information content (AvgIpc) is 2.30. The van der Waals surface area contributed by atoms with Crippen molar-refractivity contribution in [3.05, 3.63) is 12.2 Å². The molecule has 0 aliphatic rings. The largest absolute Gasteiger partial charge is 0.351 e. The maximum Gasteiger partial charge on any atom is 0.243 e. The first kappa shape index (κ1) is 15.2. The molecular formula is C13H26N2O. The monoisotopic (exact) mass is 226 g/mol. The van der Waals surface area contributed by atoms with E-state index in [0.29, 0.717) is 0 Å². The summed E-state index contributed by atoms with van der Waals surface area (Å²) in [6.07, 6.45) is 6.94. The second-order valence-corrected chi connectivity index (χ2v) is 3.86. The number of allylic oxidation sites excluding steroid dienone is 1. The van der Waals surface area contributed by atoms with Crippen LogP contribution in [-0.4, -0.2) is 37.0 Å². The number of hydrogen-bond donors (Lipinski definition) is 1. The standard InChI is InChI=1S/C13H26N2O/c1-4-7-8-9-10-13(16)14-11-12-15(5-2)6-3/h9-10H,4-8,11-12H2,1-3H3,(H,14,16)/b10-9+. The van der Waals surface area contributed by atoms with E-state index >= 15 is 0 Å². The van der Waals surface area contributed by atoms with E-state index in [1.807, 2.05) is 6.08 Å². The first-order valence-corrected chi connectivity index (χ1v) is 6.41. The topological polar surface area (TPSA) is 32.3 Å². The van der Waals surface area contributed by atoms with Gasteiger partial charge in [-0.25, -0.2) is 0 Å². The lowest BCUT2D eigenvalue weighted by Gasteiger charge is -2.17. The van der Waals surface area contributed by atoms with Gasteiger partial charge in [0.1, 0.15) is 0 Å². The first-order valence-electron chi connectivity index (χ1n) is 6.41. The number of carbonyl (C=O) groups excluding carboxylic acids is 1. The van der Waals surface area contributed by atoms with Crippen molar-refractivity contribution in [2.45, 2.75) is 40.0 Å². The van der Waals surface area contributed by atoms with Gasteiger partial charge in [0.2, 0.25) is 5.91 Å². The quantitative estimate of drug-likeness (QED) is 0.483. The van der Waals surface area contributed by atoms with Crippen LogP contribution in [0.3, 0.4) is 0 Å². The molecule has 0 spiro atoms. The fourth-order valence-corrected chi connectivity index (χ4v) is 1.45. The van der Waals surface area contributed by atoms with Gasteiger partial charge in [0, 0.05) is 13.1 Å². The Hall–Kier alpha value is -0.830. The number of amides is 1. The Bertz CT molecular complexity index is 198. The minimum absolute atomic E-state index is 0.0308. The fourth-order valence-electron chi connectivity index (χ4n) is 1.45. The minimum atomic E-state index is 0.0308. The minimum Gasteiger partial charge on any atom is -0.351 e. The van der Waals surface area contributed by atoms with Crippen molar-refractivity contribution in [3.8, 4) is 0 Å². The molecule has 0 rings (SSSR count). The van der Waals surface area contributed by atoms with Gasteiger partial charge in [-0.15, -0.1) is 0 Å². The molecule has 0 radical (unpaired) electrons. The summed E-state index contributed by atoms with van der Waals surface area (Å²) in [6.45, 7) is 10.2. The number of hydrogen-bond acceptors (Lipinski definition) is 2. The van der Waals surface area contributed by atoms with E-state index in [1.165, 1.54) is 6.42 Å². The molecule has 1 N–H and O–H groups in total. The van der Waals surface area contributed by atoms with Gasteiger partial charge in [0.05, 0.1) is 0 Å². The van der Waals surface area contributed by atoms with Crippen LogP contribution in [0.2, 0.25) is 0 Å². The van der Waals surface area contributed by atoms with E-state index < -0.39 is 0 Å². The molecule has 0 bridgehead atoms. The zero-order valence-corrected chi connectivity index (χ0v) is 11.0. The first-order chi connectivity index (χ1) is 7.74. The third kappa shape index (κ3) is 8.48. The lowest BCUT2D eigenvalue weighted by atomic mass is 10.2. The molecule has 16 heavy (non-hydrogen) atoms. The molecular weight excluding hydrogens is 200 g/mol. The molecule has 1 amide bonds. The van der Waals surface area contributed by atoms with Crippen LogP contribution >= 0.6 is 0 Å². The van der Waals surface area contributed by atoms with Gasteiger partial charge in [0.15, 0.2) is 0 Å². The van der Waals surface area contributed by atoms with Crippen LogP contribution in [0.5, 0.6) is 0 Å². The summed E-state index contributed by atoms with van der Waals surface area (Å²) in [5.41, 5.74) is 0. The SMILES string of the molecule is CCCC/C=C/C(=O)NCCN(CC)CC. The molecule has 0 aromatic rings. The second-order valence-electron chi connectivity index (χ2n) is 3.86. The van der Waals surface area contributed by atoms with Gasteiger partial charge in [-0.2, -0.15) is 0 Å². The molecule has 0 aromatic heterocycles. The summed E-state index contributed by atoms with van der Waals surface area (Å²) >= 11 is 0. The van der Waals surface area contributed by atoms with Crippen molar-refractivity contribution in [2.75, 3.05) is 26.2 Å². The van der Waals surface area contributed by atoms with Crippen LogP contribution in [0.25, 0.3) is 0 Å². The summed E-state index contributed by atoms with van der Waals surface area (Å²) in [6, 6.07) is 0. The zero-order valence-electron chi connectivity index (χ0n) is 11.0. The van der Waals surface area contributed by atoms with Crippen molar-refractivity contribution in [1.82, 2.24) is 10.2 Å². The Labute approximate surface area is 99.9 Å². The van der Waals surface area contributed by atoms with Crippen LogP contribution in [0, 0.1) is 0 Å². The number of rotatable bonds is 9. The smallest absolute Gasteiger partial charge is 0.243 e. The lowest BCUT2D eigenvalue weighted by molar-refractivity contribution is -0.116. The summed E-state index contributed by atoms with van der Waals surface area (Å²) in [7, 11) is 0. The highest BCUT2D eigenvalue weighted by atomic mass is 16.1. The van der Waals surface area contributed by atoms with Gasteiger partial charge in [-0.3, -0.25) is 4.79 Å². The molecule has 0 heterocycles. The van der Waals surface area contributed by atoms with Crippen molar-refractivity contribution in [3.63, 3.8) is 0 Å².